The predicted octanol–water partition coefficient (Wildman–Crippen LogP) is -3.88. The van der Waals surface area contributed by atoms with Crippen LogP contribution in [0.4, 0.5) is 0 Å². The summed E-state index contributed by atoms with van der Waals surface area (Å²) in [4.78, 5) is 34.8. The topological polar surface area (TPSA) is 161 Å². The third kappa shape index (κ3) is 4.84. The number of nitrogens with two attached hydrogens (primary N) is 1. The van der Waals surface area contributed by atoms with Crippen LogP contribution in [-0.4, -0.2) is 36.3 Å². The molecule has 0 aliphatic rings. The summed E-state index contributed by atoms with van der Waals surface area (Å²) in [5.41, 5.74) is 5.11. The molecular formula is C5H15NNaO7P2+. The summed E-state index contributed by atoms with van der Waals surface area (Å²) < 4.78 is 21.6. The van der Waals surface area contributed by atoms with E-state index in [4.69, 9.17) is 25.3 Å². The third-order valence-electron chi connectivity index (χ3n) is 1.90. The quantitative estimate of drug-likeness (QED) is 0.164. The second-order valence-electron chi connectivity index (χ2n) is 3.11. The fourth-order valence-electron chi connectivity index (χ4n) is 0.967. The molecule has 0 aliphatic heterocycles. The molecule has 0 spiro atoms. The number of hydrogen-bond acceptors (Lipinski definition) is 4. The van der Waals surface area contributed by atoms with Gasteiger partial charge in [0.25, 0.3) is 5.08 Å². The van der Waals surface area contributed by atoms with Crippen LogP contribution in [0.5, 0.6) is 0 Å². The molecule has 0 aromatic heterocycles. The van der Waals surface area contributed by atoms with E-state index in [9.17, 15) is 14.2 Å². The smallest absolute Gasteiger partial charge is 0.368 e. The third-order valence-corrected chi connectivity index (χ3v) is 5.78. The fourth-order valence-corrected chi connectivity index (χ4v) is 3.22. The van der Waals surface area contributed by atoms with Gasteiger partial charge in [0.1, 0.15) is 0 Å². The van der Waals surface area contributed by atoms with Gasteiger partial charge in [-0.3, -0.25) is 9.13 Å². The summed E-state index contributed by atoms with van der Waals surface area (Å²) in [7, 11) is -10.6. The maximum absolute atomic E-state index is 10.8. The number of aliphatic hydroxyl groups is 1. The van der Waals surface area contributed by atoms with Crippen molar-refractivity contribution >= 4 is 15.2 Å². The molecular weight excluding hydrogens is 271 g/mol. The first-order valence-electron chi connectivity index (χ1n) is 4.10. The van der Waals surface area contributed by atoms with E-state index in [1.807, 2.05) is 0 Å². The second kappa shape index (κ2) is 6.97. The molecule has 92 valence electrons. The van der Waals surface area contributed by atoms with Crippen molar-refractivity contribution in [1.29, 1.82) is 0 Å². The van der Waals surface area contributed by atoms with Crippen molar-refractivity contribution in [3.63, 3.8) is 0 Å². The Labute approximate surface area is 115 Å². The molecule has 11 heteroatoms. The maximum atomic E-state index is 10.8. The van der Waals surface area contributed by atoms with Crippen LogP contribution in [0.1, 0.15) is 19.3 Å². The fraction of sp³-hybridized carbons (Fsp3) is 1.00. The molecule has 0 saturated carbocycles. The van der Waals surface area contributed by atoms with Gasteiger partial charge in [-0.1, -0.05) is 0 Å². The number of rotatable bonds is 6. The first-order valence-corrected chi connectivity index (χ1v) is 7.32. The maximum Gasteiger partial charge on any atom is 1.00 e. The van der Waals surface area contributed by atoms with E-state index in [0.29, 0.717) is 6.42 Å². The van der Waals surface area contributed by atoms with E-state index in [-0.39, 0.29) is 42.5 Å². The second-order valence-corrected chi connectivity index (χ2v) is 7.12. The van der Waals surface area contributed by atoms with Gasteiger partial charge in [0.05, 0.1) is 0 Å². The molecule has 0 atom stereocenters. The molecule has 8 nitrogen and oxygen atoms in total. The molecule has 16 heavy (non-hydrogen) atoms. The van der Waals surface area contributed by atoms with Crippen molar-refractivity contribution in [2.45, 2.75) is 24.3 Å². The van der Waals surface area contributed by atoms with E-state index in [1.165, 1.54) is 0 Å². The first-order chi connectivity index (χ1) is 6.56. The molecule has 0 rings (SSSR count). The van der Waals surface area contributed by atoms with Gasteiger partial charge in [0.2, 0.25) is 0 Å². The SMILES string of the molecule is NCCCCC(O)(P(=O)(O)O)P(=O)(O)O.[Na+]. The average molecular weight is 286 g/mol. The van der Waals surface area contributed by atoms with Crippen LogP contribution in [0.2, 0.25) is 0 Å². The summed E-state index contributed by atoms with van der Waals surface area (Å²) in [5.74, 6) is 0. The van der Waals surface area contributed by atoms with Crippen molar-refractivity contribution < 1.29 is 63.4 Å². The Kier molecular flexibility index (Phi) is 8.52. The summed E-state index contributed by atoms with van der Waals surface area (Å²) >= 11 is 0. The minimum absolute atomic E-state index is 0. The molecule has 0 heterocycles. The predicted molar refractivity (Wildman–Crippen MR) is 51.9 cm³/mol. The zero-order valence-electron chi connectivity index (χ0n) is 8.85. The molecule has 0 bridgehead atoms. The van der Waals surface area contributed by atoms with Crippen LogP contribution >= 0.6 is 15.2 Å². The van der Waals surface area contributed by atoms with Gasteiger partial charge in [-0.25, -0.2) is 0 Å². The average Bonchev–Trinajstić information content (AvgIpc) is 2.00. The van der Waals surface area contributed by atoms with Gasteiger partial charge < -0.3 is 30.4 Å². The van der Waals surface area contributed by atoms with E-state index in [1.54, 1.807) is 0 Å². The molecule has 0 saturated heterocycles. The molecule has 0 unspecified atom stereocenters. The van der Waals surface area contributed by atoms with E-state index >= 15 is 0 Å². The van der Waals surface area contributed by atoms with E-state index in [0.717, 1.165) is 0 Å². The van der Waals surface area contributed by atoms with Crippen LogP contribution in [-0.2, 0) is 9.13 Å². The van der Waals surface area contributed by atoms with Gasteiger partial charge in [-0.15, -0.1) is 0 Å². The monoisotopic (exact) mass is 286 g/mol. The Morgan fingerprint density at radius 1 is 1.00 bits per heavy atom. The Hall–Kier alpha value is 1.22. The first kappa shape index (κ1) is 19.6. The molecule has 7 N–H and O–H groups in total. The Balaban J connectivity index is 0. The zero-order chi connectivity index (χ0) is 12.3. The van der Waals surface area contributed by atoms with Gasteiger partial charge in [-0.2, -0.15) is 0 Å². The van der Waals surface area contributed by atoms with Crippen LogP contribution in [0.25, 0.3) is 0 Å². The molecule has 0 aliphatic carbocycles. The zero-order valence-corrected chi connectivity index (χ0v) is 12.6. The van der Waals surface area contributed by atoms with Crippen LogP contribution in [0, 0.1) is 0 Å². The number of hydrogen-bond donors (Lipinski definition) is 6. The van der Waals surface area contributed by atoms with Gasteiger partial charge >= 0.3 is 44.7 Å². The number of unbranched alkanes of at least 4 members (excludes halogenated alkanes) is 1. The van der Waals surface area contributed by atoms with Crippen molar-refractivity contribution in [1.82, 2.24) is 0 Å². The molecule has 0 amide bonds. The van der Waals surface area contributed by atoms with Gasteiger partial charge in [0.15, 0.2) is 0 Å². The van der Waals surface area contributed by atoms with Crippen molar-refractivity contribution in [2.75, 3.05) is 6.54 Å². The van der Waals surface area contributed by atoms with Gasteiger partial charge in [-0.05, 0) is 25.8 Å². The molecule has 0 aromatic rings. The van der Waals surface area contributed by atoms with E-state index < -0.39 is 26.7 Å². The molecule has 0 radical (unpaired) electrons. The van der Waals surface area contributed by atoms with E-state index in [2.05, 4.69) is 0 Å². The van der Waals surface area contributed by atoms with Crippen molar-refractivity contribution in [2.24, 2.45) is 5.73 Å². The van der Waals surface area contributed by atoms with Crippen molar-refractivity contribution in [3.8, 4) is 0 Å². The normalized spacial score (nSPS) is 13.4. The van der Waals surface area contributed by atoms with Crippen LogP contribution in [0.3, 0.4) is 0 Å². The van der Waals surface area contributed by atoms with Gasteiger partial charge in [0, 0.05) is 0 Å². The van der Waals surface area contributed by atoms with Crippen molar-refractivity contribution in [3.05, 3.63) is 0 Å². The summed E-state index contributed by atoms with van der Waals surface area (Å²) in [6.45, 7) is 0.207. The largest absolute Gasteiger partial charge is 1.00 e. The molecule has 0 fully saturated rings. The Morgan fingerprint density at radius 2 is 1.38 bits per heavy atom. The minimum Gasteiger partial charge on any atom is -0.368 e. The Morgan fingerprint density at radius 3 is 1.62 bits per heavy atom. The molecule has 0 aromatic carbocycles. The summed E-state index contributed by atoms with van der Waals surface area (Å²) in [6, 6.07) is 0. The Bertz CT molecular complexity index is 277. The summed E-state index contributed by atoms with van der Waals surface area (Å²) in [5, 5.41) is 6.05. The standard InChI is InChI=1S/C5H15NO7P2.Na/c6-4-2-1-3-5(7,14(8,9)10)15(11,12)13;/h7H,1-4,6H2,(H2,8,9,10)(H2,11,12,13);/q;+1. The minimum atomic E-state index is -5.30. The van der Waals surface area contributed by atoms with Crippen LogP contribution in [0.15, 0.2) is 0 Å². The van der Waals surface area contributed by atoms with Crippen LogP contribution < -0.4 is 35.3 Å². The summed E-state index contributed by atoms with van der Waals surface area (Å²) in [6.07, 6.45) is -0.371.